The molecular weight excluding hydrogens is 448 g/mol. The van der Waals surface area contributed by atoms with Crippen LogP contribution in [-0.2, 0) is 19.1 Å². The van der Waals surface area contributed by atoms with Gasteiger partial charge in [-0.2, -0.15) is 0 Å². The van der Waals surface area contributed by atoms with Gasteiger partial charge in [0.05, 0.1) is 25.5 Å². The van der Waals surface area contributed by atoms with Gasteiger partial charge in [0, 0.05) is 18.7 Å². The number of allylic oxidation sites excluding steroid dienone is 1. The molecule has 0 spiro atoms. The molecule has 3 rings (SSSR count). The predicted octanol–water partition coefficient (Wildman–Crippen LogP) is 3.91. The topological polar surface area (TPSA) is 102 Å². The van der Waals surface area contributed by atoms with Crippen LogP contribution in [0.2, 0.25) is 0 Å². The first kappa shape index (κ1) is 25.2. The molecule has 8 nitrogen and oxygen atoms in total. The highest BCUT2D eigenvalue weighted by molar-refractivity contribution is 6.09. The molecule has 35 heavy (non-hydrogen) atoms. The van der Waals surface area contributed by atoms with E-state index in [0.29, 0.717) is 0 Å². The third kappa shape index (κ3) is 6.11. The van der Waals surface area contributed by atoms with Gasteiger partial charge in [0.15, 0.2) is 0 Å². The van der Waals surface area contributed by atoms with Crippen LogP contribution in [0.5, 0.6) is 0 Å². The fraction of sp³-hybridized carbons (Fsp3) is 0.185. The van der Waals surface area contributed by atoms with Crippen LogP contribution in [0.4, 0.5) is 5.69 Å². The summed E-state index contributed by atoms with van der Waals surface area (Å²) in [6, 6.07) is 18.0. The predicted molar refractivity (Wildman–Crippen MR) is 133 cm³/mol. The maximum atomic E-state index is 12.8. The van der Waals surface area contributed by atoms with E-state index in [4.69, 9.17) is 4.74 Å². The molecule has 0 atom stereocenters. The van der Waals surface area contributed by atoms with Crippen LogP contribution in [0.1, 0.15) is 33.2 Å². The number of esters is 2. The van der Waals surface area contributed by atoms with Gasteiger partial charge in [-0.3, -0.25) is 14.4 Å². The second-order valence-corrected chi connectivity index (χ2v) is 7.87. The molecule has 1 N–H and O–H groups in total. The molecule has 3 aromatic rings. The smallest absolute Gasteiger partial charge is 0.339 e. The van der Waals surface area contributed by atoms with Crippen LogP contribution >= 0.6 is 0 Å². The highest BCUT2D eigenvalue weighted by Gasteiger charge is 2.20. The summed E-state index contributed by atoms with van der Waals surface area (Å²) in [7, 11) is 3.90. The van der Waals surface area contributed by atoms with Crippen molar-refractivity contribution >= 4 is 45.8 Å². The van der Waals surface area contributed by atoms with Crippen LogP contribution in [0.15, 0.2) is 66.7 Å². The van der Waals surface area contributed by atoms with E-state index < -0.39 is 23.8 Å². The molecule has 2 amide bonds. The van der Waals surface area contributed by atoms with Crippen molar-refractivity contribution in [1.82, 2.24) is 4.90 Å². The molecule has 0 saturated heterocycles. The van der Waals surface area contributed by atoms with E-state index >= 15 is 0 Å². The largest absolute Gasteiger partial charge is 0.468 e. The molecule has 0 bridgehead atoms. The van der Waals surface area contributed by atoms with E-state index in [2.05, 4.69) is 10.1 Å². The fourth-order valence-electron chi connectivity index (χ4n) is 3.50. The lowest BCUT2D eigenvalue weighted by molar-refractivity contribution is -0.141. The number of likely N-dealkylation sites (N-methyl/N-ethyl adjacent to an activating group) is 1. The average molecular weight is 475 g/mol. The zero-order valence-corrected chi connectivity index (χ0v) is 20.0. The van der Waals surface area contributed by atoms with Gasteiger partial charge in [0.1, 0.15) is 6.54 Å². The normalized spacial score (nSPS) is 11.0. The van der Waals surface area contributed by atoms with E-state index in [0.717, 1.165) is 21.9 Å². The molecule has 0 aliphatic heterocycles. The van der Waals surface area contributed by atoms with Gasteiger partial charge in [-0.25, -0.2) is 4.79 Å². The lowest BCUT2D eigenvalue weighted by Crippen LogP contribution is -2.32. The number of rotatable bonds is 7. The Labute approximate surface area is 203 Å². The number of nitrogens with zero attached hydrogens (tertiary/aromatic N) is 1. The number of nitrogens with one attached hydrogen (secondary N) is 1. The van der Waals surface area contributed by atoms with Crippen LogP contribution in [0, 0.1) is 0 Å². The minimum absolute atomic E-state index is 0.0878. The number of carbonyl (C=O) groups excluding carboxylic acids is 4. The molecule has 8 heteroatoms. The highest BCUT2D eigenvalue weighted by atomic mass is 16.5. The molecule has 0 aliphatic rings. The van der Waals surface area contributed by atoms with E-state index in [-0.39, 0.29) is 23.4 Å². The average Bonchev–Trinajstić information content (AvgIpc) is 2.87. The first-order valence-electron chi connectivity index (χ1n) is 10.8. The Bertz CT molecular complexity index is 1330. The molecular formula is C27H26N2O6. The minimum atomic E-state index is -0.669. The zero-order valence-electron chi connectivity index (χ0n) is 20.0. The lowest BCUT2D eigenvalue weighted by atomic mass is 10.0. The molecule has 0 unspecified atom stereocenters. The standard InChI is InChI=1S/C27H26N2O6/c1-17(19-10-9-18-7-5-6-8-20(18)14-19)13-24(30)28-23-15-21(11-12-22(23)27(33)35-4)26(32)29(2)16-25(31)34-3/h5-15H,16H2,1-4H3,(H,28,30)/b17-13-. The SMILES string of the molecule is COC(=O)CN(C)C(=O)c1ccc(C(=O)OC)c(NC(=O)/C=C(/C)c2ccc3ccccc3c2)c1. The number of methoxy groups -OCH3 is 2. The Balaban J connectivity index is 1.87. The maximum Gasteiger partial charge on any atom is 0.339 e. The van der Waals surface area contributed by atoms with Gasteiger partial charge in [0.2, 0.25) is 5.91 Å². The Morgan fingerprint density at radius 2 is 1.57 bits per heavy atom. The minimum Gasteiger partial charge on any atom is -0.468 e. The van der Waals surface area contributed by atoms with Crippen LogP contribution in [0.25, 0.3) is 16.3 Å². The molecule has 0 aliphatic carbocycles. The van der Waals surface area contributed by atoms with Crippen LogP contribution in [-0.4, -0.2) is 56.5 Å². The third-order valence-corrected chi connectivity index (χ3v) is 5.42. The number of amides is 2. The second-order valence-electron chi connectivity index (χ2n) is 7.87. The van der Waals surface area contributed by atoms with Crippen molar-refractivity contribution < 1.29 is 28.7 Å². The summed E-state index contributed by atoms with van der Waals surface area (Å²) in [4.78, 5) is 50.5. The molecule has 3 aromatic carbocycles. The van der Waals surface area contributed by atoms with Crippen LogP contribution in [0.3, 0.4) is 0 Å². The van der Waals surface area contributed by atoms with Crippen molar-refractivity contribution in [3.05, 3.63) is 83.4 Å². The Morgan fingerprint density at radius 3 is 2.26 bits per heavy atom. The summed E-state index contributed by atoms with van der Waals surface area (Å²) < 4.78 is 9.39. The van der Waals surface area contributed by atoms with Gasteiger partial charge < -0.3 is 19.7 Å². The quantitative estimate of drug-likeness (QED) is 0.412. The van der Waals surface area contributed by atoms with Crippen molar-refractivity contribution in [1.29, 1.82) is 0 Å². The molecule has 180 valence electrons. The second kappa shape index (κ2) is 11.1. The Kier molecular flexibility index (Phi) is 7.99. The fourth-order valence-corrected chi connectivity index (χ4v) is 3.50. The molecule has 0 fully saturated rings. The lowest BCUT2D eigenvalue weighted by Gasteiger charge is -2.17. The number of hydrogen-bond acceptors (Lipinski definition) is 6. The van der Waals surface area contributed by atoms with E-state index in [1.54, 1.807) is 0 Å². The number of fused-ring (bicyclic) bond motifs is 1. The first-order chi connectivity index (χ1) is 16.7. The van der Waals surface area contributed by atoms with Gasteiger partial charge in [-0.15, -0.1) is 0 Å². The molecule has 0 radical (unpaired) electrons. The Morgan fingerprint density at radius 1 is 0.886 bits per heavy atom. The summed E-state index contributed by atoms with van der Waals surface area (Å²) in [5.41, 5.74) is 1.97. The monoisotopic (exact) mass is 474 g/mol. The van der Waals surface area contributed by atoms with Gasteiger partial charge >= 0.3 is 11.9 Å². The maximum absolute atomic E-state index is 12.8. The number of ether oxygens (including phenoxy) is 2. The number of anilines is 1. The van der Waals surface area contributed by atoms with Crippen molar-refractivity contribution in [2.45, 2.75) is 6.92 Å². The van der Waals surface area contributed by atoms with E-state index in [9.17, 15) is 19.2 Å². The number of benzene rings is 3. The van der Waals surface area contributed by atoms with Crippen molar-refractivity contribution in [2.24, 2.45) is 0 Å². The van der Waals surface area contributed by atoms with Crippen molar-refractivity contribution in [3.63, 3.8) is 0 Å². The summed E-state index contributed by atoms with van der Waals surface area (Å²) in [5, 5.41) is 4.81. The molecule has 0 aromatic heterocycles. The first-order valence-corrected chi connectivity index (χ1v) is 10.8. The van der Waals surface area contributed by atoms with Crippen molar-refractivity contribution in [3.8, 4) is 0 Å². The number of carbonyl (C=O) groups is 4. The van der Waals surface area contributed by atoms with E-state index in [1.807, 2.05) is 49.4 Å². The van der Waals surface area contributed by atoms with E-state index in [1.165, 1.54) is 50.4 Å². The summed E-state index contributed by atoms with van der Waals surface area (Å²) in [6.45, 7) is 1.57. The van der Waals surface area contributed by atoms with Crippen LogP contribution < -0.4 is 5.32 Å². The third-order valence-electron chi connectivity index (χ3n) is 5.42. The highest BCUT2D eigenvalue weighted by Crippen LogP contribution is 2.23. The molecule has 0 heterocycles. The Hall–Kier alpha value is -4.46. The number of hydrogen-bond donors (Lipinski definition) is 1. The van der Waals surface area contributed by atoms with Gasteiger partial charge in [-0.05, 0) is 53.1 Å². The van der Waals surface area contributed by atoms with Gasteiger partial charge in [0.25, 0.3) is 5.91 Å². The zero-order chi connectivity index (χ0) is 25.5. The van der Waals surface area contributed by atoms with Gasteiger partial charge in [-0.1, -0.05) is 36.4 Å². The summed E-state index contributed by atoms with van der Waals surface area (Å²) in [5.74, 6) is -2.20. The summed E-state index contributed by atoms with van der Waals surface area (Å²) >= 11 is 0. The van der Waals surface area contributed by atoms with Crippen molar-refractivity contribution in [2.75, 3.05) is 33.1 Å². The molecule has 0 saturated carbocycles. The summed E-state index contributed by atoms with van der Waals surface area (Å²) in [6.07, 6.45) is 1.42.